The van der Waals surface area contributed by atoms with Crippen LogP contribution in [0, 0.1) is 17.8 Å². The van der Waals surface area contributed by atoms with Gasteiger partial charge in [-0.05, 0) is 18.8 Å². The molecule has 3 fully saturated rings. The maximum Gasteiger partial charge on any atom is 0.243 e. The fraction of sp³-hybridized carbons (Fsp3) is 0.850. The number of aliphatic hydroxyl groups is 1. The zero-order valence-corrected chi connectivity index (χ0v) is 16.5. The minimum absolute atomic E-state index is 0.0399. The minimum atomic E-state index is -1.15. The van der Waals surface area contributed by atoms with Crippen molar-refractivity contribution in [2.45, 2.75) is 56.9 Å². The summed E-state index contributed by atoms with van der Waals surface area (Å²) in [7, 11) is 0. The number of amides is 3. The first-order chi connectivity index (χ1) is 13.5. The highest BCUT2D eigenvalue weighted by molar-refractivity contribution is 5.95. The summed E-state index contributed by atoms with van der Waals surface area (Å²) < 4.78 is 5.30. The molecular weight excluding hydrogens is 362 g/mol. The van der Waals surface area contributed by atoms with Gasteiger partial charge < -0.3 is 25.8 Å². The lowest BCUT2D eigenvalue weighted by Crippen LogP contribution is -2.51. The largest absolute Gasteiger partial charge is 0.396 e. The van der Waals surface area contributed by atoms with Gasteiger partial charge in [-0.25, -0.2) is 0 Å². The Balaban J connectivity index is 1.66. The lowest BCUT2D eigenvalue weighted by atomic mass is 9.81. The quantitative estimate of drug-likeness (QED) is 0.541. The number of carbonyl (C=O) groups excluding carboxylic acids is 3. The van der Waals surface area contributed by atoms with Crippen molar-refractivity contribution in [3.63, 3.8) is 0 Å². The molecule has 158 valence electrons. The maximum atomic E-state index is 13.1. The molecule has 3 atom stereocenters. The molecule has 0 aromatic carbocycles. The smallest absolute Gasteiger partial charge is 0.243 e. The van der Waals surface area contributed by atoms with Crippen molar-refractivity contribution in [2.24, 2.45) is 23.5 Å². The molecule has 8 heteroatoms. The van der Waals surface area contributed by atoms with Gasteiger partial charge in [0, 0.05) is 38.0 Å². The molecule has 0 radical (unpaired) electrons. The van der Waals surface area contributed by atoms with E-state index in [1.807, 2.05) is 0 Å². The molecule has 3 rings (SSSR count). The summed E-state index contributed by atoms with van der Waals surface area (Å²) in [4.78, 5) is 39.4. The lowest BCUT2D eigenvalue weighted by molar-refractivity contribution is -0.140. The summed E-state index contributed by atoms with van der Waals surface area (Å²) in [6.07, 6.45) is 6.86. The van der Waals surface area contributed by atoms with E-state index in [9.17, 15) is 19.5 Å². The van der Waals surface area contributed by atoms with Crippen molar-refractivity contribution in [2.75, 3.05) is 32.9 Å². The van der Waals surface area contributed by atoms with Gasteiger partial charge in [-0.15, -0.1) is 0 Å². The summed E-state index contributed by atoms with van der Waals surface area (Å²) in [5.41, 5.74) is 4.34. The van der Waals surface area contributed by atoms with Gasteiger partial charge in [0.25, 0.3) is 0 Å². The van der Waals surface area contributed by atoms with E-state index >= 15 is 0 Å². The van der Waals surface area contributed by atoms with Crippen LogP contribution in [0.25, 0.3) is 0 Å². The van der Waals surface area contributed by atoms with Gasteiger partial charge in [-0.2, -0.15) is 0 Å². The number of ether oxygens (including phenoxy) is 1. The second-order valence-corrected chi connectivity index (χ2v) is 8.54. The van der Waals surface area contributed by atoms with E-state index in [0.29, 0.717) is 45.1 Å². The molecule has 4 N–H and O–H groups in total. The molecule has 3 aliphatic rings. The fourth-order valence-corrected chi connectivity index (χ4v) is 4.65. The van der Waals surface area contributed by atoms with Gasteiger partial charge >= 0.3 is 0 Å². The van der Waals surface area contributed by atoms with Crippen LogP contribution in [-0.2, 0) is 19.1 Å². The highest BCUT2D eigenvalue weighted by Crippen LogP contribution is 2.43. The number of primary amides is 1. The van der Waals surface area contributed by atoms with Crippen LogP contribution in [0.1, 0.15) is 51.4 Å². The Labute approximate surface area is 166 Å². The van der Waals surface area contributed by atoms with Crippen LogP contribution >= 0.6 is 0 Å². The standard InChI is InChI=1S/C20H33N3O5/c21-19(27)20(12-16(20)13-24)22-18(26)15(10-14-4-2-1-3-5-14)11-17(25)23-6-8-28-9-7-23/h14-16,24H,1-13H2,(H2,21,27)(H,22,26)/t15-,16+,20+/m1/s1. The first-order valence-corrected chi connectivity index (χ1v) is 10.5. The Morgan fingerprint density at radius 2 is 1.86 bits per heavy atom. The first kappa shape index (κ1) is 21.0. The second kappa shape index (κ2) is 9.22. The van der Waals surface area contributed by atoms with Crippen LogP contribution in [-0.4, -0.2) is 66.2 Å². The zero-order valence-electron chi connectivity index (χ0n) is 16.5. The molecule has 2 aliphatic carbocycles. The number of nitrogens with two attached hydrogens (primary N) is 1. The SMILES string of the molecule is NC(=O)[C@]1(NC(=O)[C@@H](CC(=O)N2CCOCC2)CC2CCCCC2)C[C@H]1CO. The van der Waals surface area contributed by atoms with Gasteiger partial charge in [0.15, 0.2) is 0 Å². The van der Waals surface area contributed by atoms with Crippen LogP contribution in [0.5, 0.6) is 0 Å². The topological polar surface area (TPSA) is 122 Å². The highest BCUT2D eigenvalue weighted by atomic mass is 16.5. The van der Waals surface area contributed by atoms with Gasteiger partial charge in [-0.1, -0.05) is 32.1 Å². The van der Waals surface area contributed by atoms with Crippen molar-refractivity contribution >= 4 is 17.7 Å². The number of rotatable bonds is 8. The van der Waals surface area contributed by atoms with E-state index in [0.717, 1.165) is 25.7 Å². The van der Waals surface area contributed by atoms with E-state index in [-0.39, 0.29) is 30.8 Å². The van der Waals surface area contributed by atoms with Gasteiger partial charge in [0.05, 0.1) is 13.2 Å². The monoisotopic (exact) mass is 395 g/mol. The number of morpholine rings is 1. The number of carbonyl (C=O) groups is 3. The van der Waals surface area contributed by atoms with Crippen molar-refractivity contribution in [1.29, 1.82) is 0 Å². The number of hydrogen-bond acceptors (Lipinski definition) is 5. The molecule has 28 heavy (non-hydrogen) atoms. The van der Waals surface area contributed by atoms with E-state index in [1.54, 1.807) is 4.90 Å². The zero-order chi connectivity index (χ0) is 20.1. The molecule has 0 aromatic heterocycles. The average Bonchev–Trinajstić information content (AvgIpc) is 3.43. The van der Waals surface area contributed by atoms with Crippen LogP contribution in [0.4, 0.5) is 0 Å². The molecule has 1 aliphatic heterocycles. The number of hydrogen-bond donors (Lipinski definition) is 3. The lowest BCUT2D eigenvalue weighted by Gasteiger charge is -2.30. The maximum absolute atomic E-state index is 13.1. The third-order valence-corrected chi connectivity index (χ3v) is 6.61. The summed E-state index contributed by atoms with van der Waals surface area (Å²) in [6.45, 7) is 1.95. The van der Waals surface area contributed by atoms with Crippen LogP contribution in [0.15, 0.2) is 0 Å². The Kier molecular flexibility index (Phi) is 6.93. The molecule has 0 bridgehead atoms. The Hall–Kier alpha value is -1.67. The van der Waals surface area contributed by atoms with Crippen LogP contribution < -0.4 is 11.1 Å². The summed E-state index contributed by atoms with van der Waals surface area (Å²) in [5.74, 6) is -1.33. The van der Waals surface area contributed by atoms with E-state index < -0.39 is 17.4 Å². The summed E-state index contributed by atoms with van der Waals surface area (Å²) in [6, 6.07) is 0. The average molecular weight is 396 g/mol. The third kappa shape index (κ3) is 4.84. The summed E-state index contributed by atoms with van der Waals surface area (Å²) >= 11 is 0. The van der Waals surface area contributed by atoms with Gasteiger partial charge in [0.1, 0.15) is 5.54 Å². The third-order valence-electron chi connectivity index (χ3n) is 6.61. The Morgan fingerprint density at radius 1 is 1.18 bits per heavy atom. The van der Waals surface area contributed by atoms with E-state index in [4.69, 9.17) is 10.5 Å². The van der Waals surface area contributed by atoms with Crippen molar-refractivity contribution < 1.29 is 24.2 Å². The summed E-state index contributed by atoms with van der Waals surface area (Å²) in [5, 5.41) is 12.2. The van der Waals surface area contributed by atoms with E-state index in [2.05, 4.69) is 5.32 Å². The molecule has 0 aromatic rings. The Bertz CT molecular complexity index is 586. The van der Waals surface area contributed by atoms with Crippen molar-refractivity contribution in [3.8, 4) is 0 Å². The highest BCUT2D eigenvalue weighted by Gasteiger charge is 2.60. The van der Waals surface area contributed by atoms with Crippen LogP contribution in [0.3, 0.4) is 0 Å². The second-order valence-electron chi connectivity index (χ2n) is 8.54. The van der Waals surface area contributed by atoms with Gasteiger partial charge in [0.2, 0.25) is 17.7 Å². The Morgan fingerprint density at radius 3 is 2.43 bits per heavy atom. The molecular formula is C20H33N3O5. The van der Waals surface area contributed by atoms with Gasteiger partial charge in [-0.3, -0.25) is 14.4 Å². The van der Waals surface area contributed by atoms with Crippen molar-refractivity contribution in [3.05, 3.63) is 0 Å². The molecule has 1 heterocycles. The minimum Gasteiger partial charge on any atom is -0.396 e. The number of aliphatic hydroxyl groups excluding tert-OH is 1. The first-order valence-electron chi connectivity index (χ1n) is 10.5. The molecule has 8 nitrogen and oxygen atoms in total. The van der Waals surface area contributed by atoms with E-state index in [1.165, 1.54) is 6.42 Å². The molecule has 1 saturated heterocycles. The predicted molar refractivity (Wildman–Crippen MR) is 102 cm³/mol. The molecule has 3 amide bonds. The predicted octanol–water partition coefficient (Wildman–Crippen LogP) is 0.174. The van der Waals surface area contributed by atoms with Crippen LogP contribution in [0.2, 0.25) is 0 Å². The molecule has 0 unspecified atom stereocenters. The number of nitrogens with zero attached hydrogens (tertiary/aromatic N) is 1. The fourth-order valence-electron chi connectivity index (χ4n) is 4.65. The molecule has 0 spiro atoms. The number of nitrogens with one attached hydrogen (secondary N) is 1. The van der Waals surface area contributed by atoms with Crippen molar-refractivity contribution in [1.82, 2.24) is 10.2 Å². The molecule has 2 saturated carbocycles. The normalized spacial score (nSPS) is 29.2.